The van der Waals surface area contributed by atoms with Gasteiger partial charge in [0.05, 0.1) is 24.8 Å². The number of hydrogen-bond acceptors (Lipinski definition) is 7. The van der Waals surface area contributed by atoms with Crippen molar-refractivity contribution in [2.45, 2.75) is 13.8 Å². The summed E-state index contributed by atoms with van der Waals surface area (Å²) >= 11 is 4.87. The van der Waals surface area contributed by atoms with Crippen LogP contribution >= 0.6 is 27.7 Å². The Labute approximate surface area is 240 Å². The molecular weight excluding hydrogens is 582 g/mol. The molecule has 3 aromatic rings. The molecule has 4 rings (SSSR count). The van der Waals surface area contributed by atoms with E-state index in [2.05, 4.69) is 26.2 Å². The molecule has 1 aliphatic rings. The number of carbonyl (C=O) groups is 2. The number of rotatable bonds is 9. The van der Waals surface area contributed by atoms with Gasteiger partial charge in [0.15, 0.2) is 23.3 Å². The van der Waals surface area contributed by atoms with Crippen molar-refractivity contribution in [1.82, 2.24) is 4.90 Å². The zero-order valence-corrected chi connectivity index (χ0v) is 24.4. The first kappa shape index (κ1) is 28.3. The van der Waals surface area contributed by atoms with Crippen LogP contribution in [0, 0.1) is 6.92 Å². The van der Waals surface area contributed by atoms with E-state index in [4.69, 9.17) is 14.2 Å². The largest absolute Gasteiger partial charge is 0.497 e. The molecule has 10 heteroatoms. The lowest BCUT2D eigenvalue weighted by atomic mass is 10.2. The van der Waals surface area contributed by atoms with Crippen LogP contribution in [0.3, 0.4) is 0 Å². The number of likely N-dealkylation sites (N-methyl/N-ethyl adjacent to an activating group) is 1. The molecule has 0 spiro atoms. The Kier molecular flexibility index (Phi) is 9.32. The lowest BCUT2D eigenvalue weighted by Gasteiger charge is -2.13. The van der Waals surface area contributed by atoms with Crippen LogP contribution < -0.4 is 19.5 Å². The topological polar surface area (TPSA) is 89.5 Å². The first-order valence-corrected chi connectivity index (χ1v) is 13.7. The summed E-state index contributed by atoms with van der Waals surface area (Å²) in [4.78, 5) is 32.4. The van der Waals surface area contributed by atoms with Crippen molar-refractivity contribution in [1.29, 1.82) is 0 Å². The molecule has 0 aliphatic carbocycles. The second-order valence-electron chi connectivity index (χ2n) is 8.48. The van der Waals surface area contributed by atoms with Crippen LogP contribution in [0.15, 0.2) is 75.0 Å². The summed E-state index contributed by atoms with van der Waals surface area (Å²) in [5.41, 5.74) is 3.25. The number of thioether (sulfide) groups is 1. The summed E-state index contributed by atoms with van der Waals surface area (Å²) < 4.78 is 17.2. The summed E-state index contributed by atoms with van der Waals surface area (Å²) in [5, 5.41) is 3.40. The third-order valence-corrected chi connectivity index (χ3v) is 7.46. The van der Waals surface area contributed by atoms with E-state index < -0.39 is 0 Å². The first-order chi connectivity index (χ1) is 18.8. The zero-order valence-electron chi connectivity index (χ0n) is 22.0. The van der Waals surface area contributed by atoms with E-state index >= 15 is 0 Å². The van der Waals surface area contributed by atoms with Gasteiger partial charge in [-0.05, 0) is 85.8 Å². The fourth-order valence-corrected chi connectivity index (χ4v) is 5.18. The highest BCUT2D eigenvalue weighted by molar-refractivity contribution is 9.10. The monoisotopic (exact) mass is 609 g/mol. The minimum Gasteiger partial charge on any atom is -0.497 e. The average molecular weight is 611 g/mol. The third kappa shape index (κ3) is 7.01. The number of benzene rings is 3. The zero-order chi connectivity index (χ0) is 27.9. The van der Waals surface area contributed by atoms with Crippen molar-refractivity contribution in [2.24, 2.45) is 4.99 Å². The lowest BCUT2D eigenvalue weighted by Crippen LogP contribution is -2.28. The second-order valence-corrected chi connectivity index (χ2v) is 10.3. The maximum Gasteiger partial charge on any atom is 0.266 e. The first-order valence-electron chi connectivity index (χ1n) is 12.1. The second kappa shape index (κ2) is 12.9. The van der Waals surface area contributed by atoms with E-state index in [1.807, 2.05) is 62.4 Å². The molecule has 0 radical (unpaired) electrons. The number of amides is 2. The summed E-state index contributed by atoms with van der Waals surface area (Å²) in [5.74, 6) is 1.14. The normalized spacial score (nSPS) is 15.1. The van der Waals surface area contributed by atoms with Crippen LogP contribution in [0.1, 0.15) is 18.1 Å². The maximum absolute atomic E-state index is 13.1. The molecular formula is C29H28BrN3O5S. The van der Waals surface area contributed by atoms with Gasteiger partial charge in [0.1, 0.15) is 5.75 Å². The molecule has 1 aliphatic heterocycles. The van der Waals surface area contributed by atoms with Gasteiger partial charge in [0.25, 0.3) is 11.8 Å². The van der Waals surface area contributed by atoms with E-state index in [9.17, 15) is 9.59 Å². The Morgan fingerprint density at radius 2 is 1.77 bits per heavy atom. The molecule has 0 saturated carbocycles. The Balaban J connectivity index is 1.50. The molecule has 8 nitrogen and oxygen atoms in total. The SMILES string of the molecule is CCN1C(=O)/C(=C\c2cc(OC)c(OCC(=O)Nc3ccc(C)cc3)cc2Br)SC1=Nc1ccc(OC)cc1. The Hall–Kier alpha value is -3.76. The molecule has 2 amide bonds. The number of carbonyl (C=O) groups excluding carboxylic acids is 2. The molecule has 3 aromatic carbocycles. The van der Waals surface area contributed by atoms with Crippen LogP contribution in [0.2, 0.25) is 0 Å². The number of amidine groups is 1. The summed E-state index contributed by atoms with van der Waals surface area (Å²) in [7, 11) is 3.13. The third-order valence-electron chi connectivity index (χ3n) is 5.77. The fraction of sp³-hybridized carbons (Fsp3) is 0.207. The predicted octanol–water partition coefficient (Wildman–Crippen LogP) is 6.42. The van der Waals surface area contributed by atoms with Gasteiger partial charge >= 0.3 is 0 Å². The van der Waals surface area contributed by atoms with Crippen molar-refractivity contribution in [3.63, 3.8) is 0 Å². The van der Waals surface area contributed by atoms with Crippen LogP contribution in [-0.2, 0) is 9.59 Å². The minimum absolute atomic E-state index is 0.131. The van der Waals surface area contributed by atoms with Gasteiger partial charge in [0, 0.05) is 16.7 Å². The van der Waals surface area contributed by atoms with Gasteiger partial charge in [-0.2, -0.15) is 0 Å². The van der Waals surface area contributed by atoms with Gasteiger partial charge in [-0.1, -0.05) is 33.6 Å². The predicted molar refractivity (Wildman–Crippen MR) is 159 cm³/mol. The Bertz CT molecular complexity index is 1420. The van der Waals surface area contributed by atoms with Gasteiger partial charge < -0.3 is 19.5 Å². The highest BCUT2D eigenvalue weighted by Gasteiger charge is 2.32. The number of halogens is 1. The Morgan fingerprint density at radius 1 is 1.05 bits per heavy atom. The standard InChI is InChI=1S/C29H28BrN3O5S/c1-5-33-28(35)26(39-29(33)32-21-10-12-22(36-3)13-11-21)15-19-14-24(37-4)25(16-23(19)30)38-17-27(34)31-20-8-6-18(2)7-9-20/h6-16H,5,17H2,1-4H3,(H,31,34)/b26-15+,32-29?. The number of aryl methyl sites for hydroxylation is 1. The van der Waals surface area contributed by atoms with E-state index in [1.54, 1.807) is 30.2 Å². The molecule has 39 heavy (non-hydrogen) atoms. The molecule has 1 N–H and O–H groups in total. The molecule has 202 valence electrons. The van der Waals surface area contributed by atoms with E-state index in [1.165, 1.54) is 18.9 Å². The van der Waals surface area contributed by atoms with E-state index in [0.29, 0.717) is 38.3 Å². The molecule has 1 fully saturated rings. The number of anilines is 1. The summed E-state index contributed by atoms with van der Waals surface area (Å²) in [6.07, 6.45) is 1.78. The maximum atomic E-state index is 13.1. The number of ether oxygens (including phenoxy) is 3. The quantitative estimate of drug-likeness (QED) is 0.282. The van der Waals surface area contributed by atoms with E-state index in [0.717, 1.165) is 22.6 Å². The molecule has 0 unspecified atom stereocenters. The van der Waals surface area contributed by atoms with Gasteiger partial charge in [-0.15, -0.1) is 0 Å². The highest BCUT2D eigenvalue weighted by atomic mass is 79.9. The van der Waals surface area contributed by atoms with Crippen molar-refractivity contribution in [2.75, 3.05) is 32.7 Å². The van der Waals surface area contributed by atoms with Crippen LogP contribution in [-0.4, -0.2) is 49.3 Å². The van der Waals surface area contributed by atoms with Crippen LogP contribution in [0.25, 0.3) is 6.08 Å². The van der Waals surface area contributed by atoms with Crippen molar-refractivity contribution in [3.05, 3.63) is 81.2 Å². The number of aliphatic imine (C=N–C) groups is 1. The molecule has 0 bridgehead atoms. The molecule has 0 atom stereocenters. The average Bonchev–Trinajstić information content (AvgIpc) is 3.23. The molecule has 0 aromatic heterocycles. The van der Waals surface area contributed by atoms with Crippen LogP contribution in [0.5, 0.6) is 17.2 Å². The van der Waals surface area contributed by atoms with Crippen molar-refractivity contribution in [3.8, 4) is 17.2 Å². The highest BCUT2D eigenvalue weighted by Crippen LogP contribution is 2.38. The van der Waals surface area contributed by atoms with Crippen molar-refractivity contribution < 1.29 is 23.8 Å². The van der Waals surface area contributed by atoms with Gasteiger partial charge in [-0.25, -0.2) is 4.99 Å². The van der Waals surface area contributed by atoms with Gasteiger partial charge in [-0.3, -0.25) is 14.5 Å². The summed E-state index contributed by atoms with van der Waals surface area (Å²) in [6.45, 7) is 4.18. The molecule has 1 heterocycles. The Morgan fingerprint density at radius 3 is 2.41 bits per heavy atom. The fourth-order valence-electron chi connectivity index (χ4n) is 3.69. The number of methoxy groups -OCH3 is 2. The van der Waals surface area contributed by atoms with Crippen LogP contribution in [0.4, 0.5) is 11.4 Å². The number of nitrogens with one attached hydrogen (secondary N) is 1. The number of hydrogen-bond donors (Lipinski definition) is 1. The summed E-state index contributed by atoms with van der Waals surface area (Å²) in [6, 6.07) is 18.3. The van der Waals surface area contributed by atoms with E-state index in [-0.39, 0.29) is 18.4 Å². The lowest BCUT2D eigenvalue weighted by molar-refractivity contribution is -0.122. The minimum atomic E-state index is -0.292. The van der Waals surface area contributed by atoms with Crippen molar-refractivity contribution >= 4 is 62.1 Å². The smallest absolute Gasteiger partial charge is 0.266 e. The molecule has 1 saturated heterocycles. The van der Waals surface area contributed by atoms with Gasteiger partial charge in [0.2, 0.25) is 0 Å². The number of nitrogens with zero attached hydrogens (tertiary/aromatic N) is 2.